The summed E-state index contributed by atoms with van der Waals surface area (Å²) in [6, 6.07) is 6.43. The Morgan fingerprint density at radius 1 is 1.23 bits per heavy atom. The Hall–Kier alpha value is -0.920. The molecule has 1 aromatic rings. The SMILES string of the molecule is NS(=O)(=O)c1cccc(CNC(=O)CC23CC4CC(CC(Br)(C4)C2)C3)c1. The van der Waals surface area contributed by atoms with Crippen molar-refractivity contribution in [1.82, 2.24) is 5.32 Å². The highest BCUT2D eigenvalue weighted by molar-refractivity contribution is 9.10. The Morgan fingerprint density at radius 2 is 1.92 bits per heavy atom. The molecule has 5 rings (SSSR count). The number of carbonyl (C=O) groups is 1. The van der Waals surface area contributed by atoms with Crippen molar-refractivity contribution in [3.8, 4) is 0 Å². The summed E-state index contributed by atoms with van der Waals surface area (Å²) in [6.07, 6.45) is 7.86. The van der Waals surface area contributed by atoms with Crippen LogP contribution in [0.3, 0.4) is 0 Å². The van der Waals surface area contributed by atoms with Gasteiger partial charge in [0, 0.05) is 17.3 Å². The van der Waals surface area contributed by atoms with Gasteiger partial charge in [-0.1, -0.05) is 28.1 Å². The van der Waals surface area contributed by atoms with Gasteiger partial charge in [0.05, 0.1) is 4.90 Å². The zero-order valence-electron chi connectivity index (χ0n) is 14.7. The van der Waals surface area contributed by atoms with Gasteiger partial charge in [-0.3, -0.25) is 4.79 Å². The molecule has 1 amide bonds. The van der Waals surface area contributed by atoms with Gasteiger partial charge in [-0.25, -0.2) is 13.6 Å². The van der Waals surface area contributed by atoms with Crippen LogP contribution in [-0.4, -0.2) is 18.6 Å². The van der Waals surface area contributed by atoms with Crippen LogP contribution in [0.4, 0.5) is 0 Å². The Kier molecular flexibility index (Phi) is 4.48. The van der Waals surface area contributed by atoms with Crippen LogP contribution in [0.15, 0.2) is 29.2 Å². The van der Waals surface area contributed by atoms with E-state index in [0.29, 0.717) is 13.0 Å². The Bertz CT molecular complexity index is 825. The average Bonchev–Trinajstić information content (AvgIpc) is 2.49. The largest absolute Gasteiger partial charge is 0.352 e. The third-order valence-corrected chi connectivity index (χ3v) is 8.20. The highest BCUT2D eigenvalue weighted by Gasteiger charge is 2.57. The van der Waals surface area contributed by atoms with Crippen LogP contribution < -0.4 is 10.5 Å². The van der Waals surface area contributed by atoms with Gasteiger partial charge in [-0.05, 0) is 73.5 Å². The number of hydrogen-bond donors (Lipinski definition) is 2. The molecule has 1 aromatic carbocycles. The maximum atomic E-state index is 12.6. The first-order valence-electron chi connectivity index (χ1n) is 9.22. The lowest BCUT2D eigenvalue weighted by atomic mass is 9.48. The van der Waals surface area contributed by atoms with Crippen LogP contribution in [0, 0.1) is 17.3 Å². The van der Waals surface area contributed by atoms with Crippen LogP contribution in [0.1, 0.15) is 50.5 Å². The number of benzene rings is 1. The topological polar surface area (TPSA) is 89.3 Å². The number of halogens is 1. The van der Waals surface area contributed by atoms with E-state index in [9.17, 15) is 13.2 Å². The molecule has 142 valence electrons. The van der Waals surface area contributed by atoms with E-state index in [2.05, 4.69) is 21.2 Å². The van der Waals surface area contributed by atoms with Crippen molar-refractivity contribution in [3.63, 3.8) is 0 Å². The molecule has 0 spiro atoms. The normalized spacial score (nSPS) is 35.5. The molecule has 3 N–H and O–H groups in total. The average molecular weight is 441 g/mol. The Morgan fingerprint density at radius 3 is 2.54 bits per heavy atom. The molecule has 2 atom stereocenters. The second-order valence-corrected chi connectivity index (χ2v) is 12.0. The lowest BCUT2D eigenvalue weighted by Crippen LogP contribution is -2.54. The molecule has 26 heavy (non-hydrogen) atoms. The minimum atomic E-state index is -3.72. The van der Waals surface area contributed by atoms with Gasteiger partial charge in [0.25, 0.3) is 0 Å². The van der Waals surface area contributed by atoms with Crippen molar-refractivity contribution in [2.75, 3.05) is 0 Å². The first-order valence-corrected chi connectivity index (χ1v) is 11.6. The van der Waals surface area contributed by atoms with Crippen molar-refractivity contribution in [1.29, 1.82) is 0 Å². The molecule has 4 fully saturated rings. The summed E-state index contributed by atoms with van der Waals surface area (Å²) >= 11 is 3.98. The van der Waals surface area contributed by atoms with Gasteiger partial charge in [-0.2, -0.15) is 0 Å². The number of primary sulfonamides is 1. The number of nitrogens with two attached hydrogens (primary N) is 1. The first kappa shape index (κ1) is 18.4. The number of rotatable bonds is 5. The van der Waals surface area contributed by atoms with Gasteiger partial charge in [0.1, 0.15) is 0 Å². The Balaban J connectivity index is 1.39. The summed E-state index contributed by atoms with van der Waals surface area (Å²) in [4.78, 5) is 12.7. The molecule has 4 bridgehead atoms. The van der Waals surface area contributed by atoms with E-state index >= 15 is 0 Å². The standard InChI is InChI=1S/C19H25BrN2O3S/c20-19-8-14-4-15(9-19)7-18(6-14,12-19)10-17(23)22-11-13-2-1-3-16(5-13)26(21,24)25/h1-3,5,14-15H,4,6-12H2,(H,22,23)(H2,21,24,25). The summed E-state index contributed by atoms with van der Waals surface area (Å²) in [5.74, 6) is 1.58. The lowest BCUT2D eigenvalue weighted by molar-refractivity contribution is -0.128. The third-order valence-electron chi connectivity index (χ3n) is 6.36. The highest BCUT2D eigenvalue weighted by atomic mass is 79.9. The summed E-state index contributed by atoms with van der Waals surface area (Å²) in [6.45, 7) is 0.324. The molecule has 4 aliphatic carbocycles. The summed E-state index contributed by atoms with van der Waals surface area (Å²) in [5, 5.41) is 8.15. The fourth-order valence-corrected chi connectivity index (χ4v) is 8.07. The minimum Gasteiger partial charge on any atom is -0.352 e. The quantitative estimate of drug-likeness (QED) is 0.689. The maximum Gasteiger partial charge on any atom is 0.238 e. The van der Waals surface area contributed by atoms with Crippen molar-refractivity contribution in [3.05, 3.63) is 29.8 Å². The van der Waals surface area contributed by atoms with Crippen molar-refractivity contribution in [2.24, 2.45) is 22.4 Å². The van der Waals surface area contributed by atoms with Gasteiger partial charge in [-0.15, -0.1) is 0 Å². The van der Waals surface area contributed by atoms with Crippen molar-refractivity contribution < 1.29 is 13.2 Å². The second-order valence-electron chi connectivity index (χ2n) is 8.76. The molecule has 0 radical (unpaired) electrons. The number of nitrogens with one attached hydrogen (secondary N) is 1. The fourth-order valence-electron chi connectivity index (χ4n) is 5.98. The fraction of sp³-hybridized carbons (Fsp3) is 0.632. The van der Waals surface area contributed by atoms with Crippen LogP contribution in [0.2, 0.25) is 0 Å². The molecule has 0 aliphatic heterocycles. The Labute approximate surface area is 163 Å². The van der Waals surface area contributed by atoms with Crippen molar-refractivity contribution in [2.45, 2.75) is 60.7 Å². The maximum absolute atomic E-state index is 12.6. The molecule has 4 aliphatic rings. The highest BCUT2D eigenvalue weighted by Crippen LogP contribution is 2.65. The molecule has 0 heterocycles. The molecule has 2 unspecified atom stereocenters. The van der Waals surface area contributed by atoms with E-state index in [4.69, 9.17) is 5.14 Å². The van der Waals surface area contributed by atoms with E-state index < -0.39 is 10.0 Å². The smallest absolute Gasteiger partial charge is 0.238 e. The van der Waals surface area contributed by atoms with Crippen molar-refractivity contribution >= 4 is 31.9 Å². The second kappa shape index (κ2) is 6.31. The molecule has 5 nitrogen and oxygen atoms in total. The van der Waals surface area contributed by atoms with E-state index in [1.165, 1.54) is 44.2 Å². The first-order chi connectivity index (χ1) is 12.1. The van der Waals surface area contributed by atoms with Crippen LogP contribution >= 0.6 is 15.9 Å². The van der Waals surface area contributed by atoms with E-state index in [-0.39, 0.29) is 20.5 Å². The van der Waals surface area contributed by atoms with Crippen LogP contribution in [-0.2, 0) is 21.4 Å². The molecule has 0 saturated heterocycles. The molecular formula is C19H25BrN2O3S. The van der Waals surface area contributed by atoms with Gasteiger partial charge in [0.2, 0.25) is 15.9 Å². The number of sulfonamides is 1. The molecule has 4 saturated carbocycles. The van der Waals surface area contributed by atoms with Gasteiger partial charge >= 0.3 is 0 Å². The zero-order valence-corrected chi connectivity index (χ0v) is 17.1. The summed E-state index contributed by atoms with van der Waals surface area (Å²) < 4.78 is 23.2. The molecule has 0 aromatic heterocycles. The van der Waals surface area contributed by atoms with Crippen LogP contribution in [0.5, 0.6) is 0 Å². The number of hydrogen-bond acceptors (Lipinski definition) is 3. The third kappa shape index (κ3) is 3.71. The summed E-state index contributed by atoms with van der Waals surface area (Å²) in [7, 11) is -3.72. The minimum absolute atomic E-state index is 0.0593. The van der Waals surface area contributed by atoms with E-state index in [0.717, 1.165) is 23.8 Å². The van der Waals surface area contributed by atoms with E-state index in [1.807, 2.05) is 0 Å². The number of alkyl halides is 1. The van der Waals surface area contributed by atoms with Gasteiger partial charge in [0.15, 0.2) is 0 Å². The lowest BCUT2D eigenvalue weighted by Gasteiger charge is -2.60. The van der Waals surface area contributed by atoms with Gasteiger partial charge < -0.3 is 5.32 Å². The monoisotopic (exact) mass is 440 g/mol. The predicted octanol–water partition coefficient (Wildman–Crippen LogP) is 3.07. The predicted molar refractivity (Wildman–Crippen MR) is 103 cm³/mol. The van der Waals surface area contributed by atoms with E-state index in [1.54, 1.807) is 12.1 Å². The zero-order chi connectivity index (χ0) is 18.6. The summed E-state index contributed by atoms with van der Waals surface area (Å²) in [5.41, 5.74) is 0.882. The number of carbonyl (C=O) groups excluding carboxylic acids is 1. The number of amides is 1. The molecular weight excluding hydrogens is 416 g/mol. The van der Waals surface area contributed by atoms with Crippen LogP contribution in [0.25, 0.3) is 0 Å². The molecule has 7 heteroatoms.